The van der Waals surface area contributed by atoms with E-state index in [4.69, 9.17) is 5.11 Å². The molecule has 0 atom stereocenters. The van der Waals surface area contributed by atoms with Gasteiger partial charge in [-0.15, -0.1) is 0 Å². The molecule has 0 fully saturated rings. The minimum atomic E-state index is -4.34. The summed E-state index contributed by atoms with van der Waals surface area (Å²) in [5.41, 5.74) is 0.468. The Morgan fingerprint density at radius 1 is 1.24 bits per heavy atom. The van der Waals surface area contributed by atoms with E-state index in [9.17, 15) is 13.2 Å². The van der Waals surface area contributed by atoms with Gasteiger partial charge >= 0.3 is 6.18 Å². The number of aryl methyl sites for hydroxylation is 1. The summed E-state index contributed by atoms with van der Waals surface area (Å²) in [7, 11) is 0. The van der Waals surface area contributed by atoms with Gasteiger partial charge in [0.2, 0.25) is 0 Å². The van der Waals surface area contributed by atoms with E-state index in [2.05, 4.69) is 0 Å². The fraction of sp³-hybridized carbons (Fsp3) is 0.333. The van der Waals surface area contributed by atoms with E-state index in [1.165, 1.54) is 6.07 Å². The number of nitrogens with zero attached hydrogens (tertiary/aromatic N) is 1. The summed E-state index contributed by atoms with van der Waals surface area (Å²) in [6.45, 7) is 2.18. The van der Waals surface area contributed by atoms with Gasteiger partial charge in [0.25, 0.3) is 0 Å². The average molecular weight is 243 g/mol. The molecule has 92 valence electrons. The number of aliphatic hydroxyl groups excluding tert-OH is 1. The molecule has 0 spiro atoms. The normalized spacial score (nSPS) is 12.3. The van der Waals surface area contributed by atoms with Crippen molar-refractivity contribution in [3.05, 3.63) is 35.5 Å². The van der Waals surface area contributed by atoms with Gasteiger partial charge in [-0.3, -0.25) is 0 Å². The predicted molar refractivity (Wildman–Crippen MR) is 58.5 cm³/mol. The van der Waals surface area contributed by atoms with Crippen LogP contribution < -0.4 is 0 Å². The fourth-order valence-electron chi connectivity index (χ4n) is 1.99. The molecule has 5 heteroatoms. The third-order valence-electron chi connectivity index (χ3n) is 2.80. The van der Waals surface area contributed by atoms with Crippen LogP contribution >= 0.6 is 0 Å². The molecule has 0 unspecified atom stereocenters. The summed E-state index contributed by atoms with van der Waals surface area (Å²) in [6.07, 6.45) is -4.34. The quantitative estimate of drug-likeness (QED) is 0.861. The average Bonchev–Trinajstić information content (AvgIpc) is 2.64. The highest BCUT2D eigenvalue weighted by Crippen LogP contribution is 2.32. The van der Waals surface area contributed by atoms with E-state index in [-0.39, 0.29) is 6.61 Å². The largest absolute Gasteiger partial charge is 0.416 e. The number of rotatable bonds is 2. The highest BCUT2D eigenvalue weighted by Gasteiger charge is 2.30. The molecule has 0 aliphatic carbocycles. The van der Waals surface area contributed by atoms with Crippen LogP contribution in [0.3, 0.4) is 0 Å². The molecular weight excluding hydrogens is 231 g/mol. The Hall–Kier alpha value is -1.49. The topological polar surface area (TPSA) is 25.2 Å². The second-order valence-corrected chi connectivity index (χ2v) is 3.81. The van der Waals surface area contributed by atoms with Crippen LogP contribution in [0.15, 0.2) is 24.3 Å². The molecule has 0 aliphatic rings. The Morgan fingerprint density at radius 2 is 1.94 bits per heavy atom. The van der Waals surface area contributed by atoms with Crippen LogP contribution in [0.4, 0.5) is 13.2 Å². The summed E-state index contributed by atoms with van der Waals surface area (Å²) in [4.78, 5) is 0. The van der Waals surface area contributed by atoms with E-state index < -0.39 is 11.7 Å². The van der Waals surface area contributed by atoms with E-state index in [0.29, 0.717) is 23.1 Å². The third-order valence-corrected chi connectivity index (χ3v) is 2.80. The van der Waals surface area contributed by atoms with Crippen molar-refractivity contribution in [2.75, 3.05) is 0 Å². The van der Waals surface area contributed by atoms with Gasteiger partial charge in [-0.1, -0.05) is 6.07 Å². The molecule has 2 rings (SSSR count). The minimum Gasteiger partial charge on any atom is -0.390 e. The van der Waals surface area contributed by atoms with E-state index in [0.717, 1.165) is 12.1 Å². The Bertz CT molecular complexity index is 542. The van der Waals surface area contributed by atoms with Crippen molar-refractivity contribution in [1.82, 2.24) is 4.57 Å². The first-order chi connectivity index (χ1) is 7.97. The molecule has 0 saturated heterocycles. The Kier molecular flexibility index (Phi) is 2.87. The predicted octanol–water partition coefficient (Wildman–Crippen LogP) is 3.17. The molecule has 0 aliphatic heterocycles. The molecule has 1 heterocycles. The minimum absolute atomic E-state index is 0.177. The summed E-state index contributed by atoms with van der Waals surface area (Å²) < 4.78 is 39.4. The highest BCUT2D eigenvalue weighted by molar-refractivity contribution is 5.82. The van der Waals surface area contributed by atoms with Gasteiger partial charge in [-0.05, 0) is 30.5 Å². The lowest BCUT2D eigenvalue weighted by molar-refractivity contribution is -0.137. The standard InChI is InChI=1S/C12H12F3NO/c1-2-16-10(7-17)5-8-3-4-9(6-11(8)16)12(13,14)15/h3-6,17H,2,7H2,1H3. The van der Waals surface area contributed by atoms with Crippen LogP contribution in [0.5, 0.6) is 0 Å². The Balaban J connectivity index is 2.67. The Morgan fingerprint density at radius 3 is 2.47 bits per heavy atom. The van der Waals surface area contributed by atoms with Gasteiger partial charge in [-0.2, -0.15) is 13.2 Å². The Labute approximate surface area is 96.3 Å². The van der Waals surface area contributed by atoms with E-state index in [1.54, 1.807) is 10.6 Å². The number of aliphatic hydroxyl groups is 1. The zero-order chi connectivity index (χ0) is 12.6. The first-order valence-corrected chi connectivity index (χ1v) is 5.27. The van der Waals surface area contributed by atoms with Crippen LogP contribution in [-0.2, 0) is 19.3 Å². The molecule has 17 heavy (non-hydrogen) atoms. The molecular formula is C12H12F3NO. The van der Waals surface area contributed by atoms with Gasteiger partial charge in [0.15, 0.2) is 0 Å². The first kappa shape index (κ1) is 12.0. The van der Waals surface area contributed by atoms with Crippen molar-refractivity contribution >= 4 is 10.9 Å². The molecule has 0 radical (unpaired) electrons. The number of aromatic nitrogens is 1. The van der Waals surface area contributed by atoms with Crippen molar-refractivity contribution in [3.8, 4) is 0 Å². The molecule has 2 aromatic rings. The number of hydrogen-bond acceptors (Lipinski definition) is 1. The number of fused-ring (bicyclic) bond motifs is 1. The van der Waals surface area contributed by atoms with Gasteiger partial charge in [0.1, 0.15) is 0 Å². The number of hydrogen-bond donors (Lipinski definition) is 1. The van der Waals surface area contributed by atoms with Crippen molar-refractivity contribution < 1.29 is 18.3 Å². The lowest BCUT2D eigenvalue weighted by Crippen LogP contribution is -2.05. The van der Waals surface area contributed by atoms with Crippen LogP contribution in [0, 0.1) is 0 Å². The second kappa shape index (κ2) is 4.07. The van der Waals surface area contributed by atoms with Gasteiger partial charge in [0.05, 0.1) is 12.2 Å². The summed E-state index contributed by atoms with van der Waals surface area (Å²) in [5.74, 6) is 0. The number of halogens is 3. The fourth-order valence-corrected chi connectivity index (χ4v) is 1.99. The van der Waals surface area contributed by atoms with Crippen molar-refractivity contribution in [2.45, 2.75) is 26.3 Å². The maximum absolute atomic E-state index is 12.6. The zero-order valence-electron chi connectivity index (χ0n) is 9.25. The van der Waals surface area contributed by atoms with E-state index in [1.807, 2.05) is 6.92 Å². The van der Waals surface area contributed by atoms with Crippen molar-refractivity contribution in [2.24, 2.45) is 0 Å². The molecule has 1 aromatic heterocycles. The maximum atomic E-state index is 12.6. The molecule has 0 saturated carbocycles. The molecule has 0 amide bonds. The first-order valence-electron chi connectivity index (χ1n) is 5.27. The van der Waals surface area contributed by atoms with Gasteiger partial charge in [-0.25, -0.2) is 0 Å². The summed E-state index contributed by atoms with van der Waals surface area (Å²) >= 11 is 0. The molecule has 2 nitrogen and oxygen atoms in total. The molecule has 0 bridgehead atoms. The lowest BCUT2D eigenvalue weighted by Gasteiger charge is -2.09. The van der Waals surface area contributed by atoms with Crippen molar-refractivity contribution in [1.29, 1.82) is 0 Å². The highest BCUT2D eigenvalue weighted by atomic mass is 19.4. The second-order valence-electron chi connectivity index (χ2n) is 3.81. The zero-order valence-corrected chi connectivity index (χ0v) is 9.25. The van der Waals surface area contributed by atoms with Crippen LogP contribution in [0.25, 0.3) is 10.9 Å². The van der Waals surface area contributed by atoms with E-state index >= 15 is 0 Å². The smallest absolute Gasteiger partial charge is 0.390 e. The van der Waals surface area contributed by atoms with Gasteiger partial charge in [0, 0.05) is 17.8 Å². The number of benzene rings is 1. The summed E-state index contributed by atoms with van der Waals surface area (Å²) in [6, 6.07) is 5.32. The summed E-state index contributed by atoms with van der Waals surface area (Å²) in [5, 5.41) is 9.85. The lowest BCUT2D eigenvalue weighted by atomic mass is 10.1. The maximum Gasteiger partial charge on any atom is 0.416 e. The molecule has 1 aromatic carbocycles. The third kappa shape index (κ3) is 2.02. The van der Waals surface area contributed by atoms with Crippen LogP contribution in [-0.4, -0.2) is 9.67 Å². The van der Waals surface area contributed by atoms with Crippen LogP contribution in [0.1, 0.15) is 18.2 Å². The molecule has 1 N–H and O–H groups in total. The van der Waals surface area contributed by atoms with Crippen LogP contribution in [0.2, 0.25) is 0 Å². The number of alkyl halides is 3. The monoisotopic (exact) mass is 243 g/mol. The van der Waals surface area contributed by atoms with Crippen molar-refractivity contribution in [3.63, 3.8) is 0 Å². The SMILES string of the molecule is CCn1c(CO)cc2ccc(C(F)(F)F)cc21. The van der Waals surface area contributed by atoms with Gasteiger partial charge < -0.3 is 9.67 Å².